The second-order valence-electron chi connectivity index (χ2n) is 6.52. The number of alkyl halides is 3. The fourth-order valence-corrected chi connectivity index (χ4v) is 2.81. The molecule has 162 valence electrons. The number of rotatable bonds is 7. The molecule has 5 nitrogen and oxygen atoms in total. The largest absolute Gasteiger partial charge is 0.497 e. The van der Waals surface area contributed by atoms with Gasteiger partial charge in [-0.2, -0.15) is 13.2 Å². The molecule has 0 bridgehead atoms. The van der Waals surface area contributed by atoms with E-state index in [1.807, 2.05) is 0 Å². The third kappa shape index (κ3) is 5.69. The van der Waals surface area contributed by atoms with E-state index in [0.29, 0.717) is 28.4 Å². The van der Waals surface area contributed by atoms with Gasteiger partial charge in [0.1, 0.15) is 23.9 Å². The average Bonchev–Trinajstić information content (AvgIpc) is 2.77. The molecule has 0 fully saturated rings. The highest BCUT2D eigenvalue weighted by molar-refractivity contribution is 6.04. The lowest BCUT2D eigenvalue weighted by Crippen LogP contribution is -2.13. The van der Waals surface area contributed by atoms with Gasteiger partial charge < -0.3 is 19.5 Å². The predicted octanol–water partition coefficient (Wildman–Crippen LogP) is 5.55. The van der Waals surface area contributed by atoms with Crippen LogP contribution in [-0.2, 0) is 12.8 Å². The molecule has 0 radical (unpaired) electrons. The van der Waals surface area contributed by atoms with Crippen molar-refractivity contribution in [1.82, 2.24) is 0 Å². The maximum absolute atomic E-state index is 12.7. The zero-order valence-electron chi connectivity index (χ0n) is 16.8. The Morgan fingerprint density at radius 1 is 0.871 bits per heavy atom. The summed E-state index contributed by atoms with van der Waals surface area (Å²) in [6, 6.07) is 16.1. The zero-order chi connectivity index (χ0) is 22.4. The van der Waals surface area contributed by atoms with Crippen LogP contribution >= 0.6 is 0 Å². The van der Waals surface area contributed by atoms with Crippen LogP contribution in [0.25, 0.3) is 0 Å². The van der Waals surface area contributed by atoms with Gasteiger partial charge in [0.05, 0.1) is 19.8 Å². The molecule has 0 saturated heterocycles. The smallest absolute Gasteiger partial charge is 0.416 e. The van der Waals surface area contributed by atoms with E-state index in [1.165, 1.54) is 19.2 Å². The van der Waals surface area contributed by atoms with Gasteiger partial charge >= 0.3 is 6.18 Å². The Morgan fingerprint density at radius 2 is 1.52 bits per heavy atom. The number of anilines is 1. The van der Waals surface area contributed by atoms with E-state index in [1.54, 1.807) is 49.6 Å². The minimum atomic E-state index is -4.43. The molecule has 0 heterocycles. The summed E-state index contributed by atoms with van der Waals surface area (Å²) in [6.45, 7) is 0.150. The third-order valence-corrected chi connectivity index (χ3v) is 4.47. The molecule has 0 aliphatic heterocycles. The highest BCUT2D eigenvalue weighted by Gasteiger charge is 2.30. The van der Waals surface area contributed by atoms with Gasteiger partial charge in [-0.3, -0.25) is 4.79 Å². The maximum atomic E-state index is 12.7. The number of benzene rings is 3. The van der Waals surface area contributed by atoms with E-state index < -0.39 is 17.6 Å². The first kappa shape index (κ1) is 22.0. The molecule has 0 aliphatic rings. The van der Waals surface area contributed by atoms with Gasteiger partial charge in [-0.25, -0.2) is 0 Å². The summed E-state index contributed by atoms with van der Waals surface area (Å²) in [6.07, 6.45) is -4.43. The summed E-state index contributed by atoms with van der Waals surface area (Å²) >= 11 is 0. The van der Waals surface area contributed by atoms with Crippen LogP contribution in [0.4, 0.5) is 18.9 Å². The molecule has 1 amide bonds. The lowest BCUT2D eigenvalue weighted by molar-refractivity contribution is -0.137. The monoisotopic (exact) mass is 431 g/mol. The molecule has 0 spiro atoms. The van der Waals surface area contributed by atoms with Gasteiger partial charge in [0, 0.05) is 16.8 Å². The Balaban J connectivity index is 1.71. The topological polar surface area (TPSA) is 56.8 Å². The quantitative estimate of drug-likeness (QED) is 0.533. The van der Waals surface area contributed by atoms with Crippen LogP contribution in [0.2, 0.25) is 0 Å². The molecule has 31 heavy (non-hydrogen) atoms. The first-order chi connectivity index (χ1) is 14.8. The first-order valence-corrected chi connectivity index (χ1v) is 9.22. The lowest BCUT2D eigenvalue weighted by atomic mass is 10.1. The van der Waals surface area contributed by atoms with E-state index >= 15 is 0 Å². The Morgan fingerprint density at radius 3 is 2.10 bits per heavy atom. The van der Waals surface area contributed by atoms with Crippen LogP contribution in [0.1, 0.15) is 21.5 Å². The molecule has 0 saturated carbocycles. The summed E-state index contributed by atoms with van der Waals surface area (Å²) in [5.74, 6) is 1.39. The normalized spacial score (nSPS) is 11.0. The number of amides is 1. The zero-order valence-corrected chi connectivity index (χ0v) is 16.8. The number of halogens is 3. The van der Waals surface area contributed by atoms with Gasteiger partial charge in [0.15, 0.2) is 0 Å². The summed E-state index contributed by atoms with van der Waals surface area (Å²) < 4.78 is 54.2. The van der Waals surface area contributed by atoms with Gasteiger partial charge in [0.2, 0.25) is 0 Å². The van der Waals surface area contributed by atoms with E-state index in [-0.39, 0.29) is 12.3 Å². The van der Waals surface area contributed by atoms with Crippen molar-refractivity contribution in [3.63, 3.8) is 0 Å². The van der Waals surface area contributed by atoms with Crippen molar-refractivity contribution in [3.05, 3.63) is 83.4 Å². The second-order valence-corrected chi connectivity index (χ2v) is 6.52. The van der Waals surface area contributed by atoms with Gasteiger partial charge in [0.25, 0.3) is 5.91 Å². The number of carbonyl (C=O) groups is 1. The maximum Gasteiger partial charge on any atom is 0.416 e. The van der Waals surface area contributed by atoms with Crippen molar-refractivity contribution in [2.45, 2.75) is 12.8 Å². The number of ether oxygens (including phenoxy) is 3. The molecule has 3 aromatic carbocycles. The number of methoxy groups -OCH3 is 2. The SMILES string of the molecule is COc1ccc(OCc2cc(C(=O)Nc3ccc(C(F)(F)F)cc3)ccc2OC)cc1. The van der Waals surface area contributed by atoms with Crippen molar-refractivity contribution < 1.29 is 32.2 Å². The molecule has 1 N–H and O–H groups in total. The Kier molecular flexibility index (Phi) is 6.69. The molecule has 3 rings (SSSR count). The number of carbonyl (C=O) groups excluding carboxylic acids is 1. The average molecular weight is 431 g/mol. The highest BCUT2D eigenvalue weighted by Crippen LogP contribution is 2.30. The van der Waals surface area contributed by atoms with Crippen molar-refractivity contribution >= 4 is 11.6 Å². The summed E-state index contributed by atoms with van der Waals surface area (Å²) in [5, 5.41) is 2.59. The second kappa shape index (κ2) is 9.42. The molecular weight excluding hydrogens is 411 g/mol. The van der Waals surface area contributed by atoms with Gasteiger partial charge in [-0.15, -0.1) is 0 Å². The highest BCUT2D eigenvalue weighted by atomic mass is 19.4. The molecule has 0 aromatic heterocycles. The van der Waals surface area contributed by atoms with E-state index in [9.17, 15) is 18.0 Å². The summed E-state index contributed by atoms with van der Waals surface area (Å²) in [7, 11) is 3.08. The van der Waals surface area contributed by atoms with Crippen molar-refractivity contribution in [1.29, 1.82) is 0 Å². The fourth-order valence-electron chi connectivity index (χ4n) is 2.81. The number of hydrogen-bond acceptors (Lipinski definition) is 4. The summed E-state index contributed by atoms with van der Waals surface area (Å²) in [5.41, 5.74) is 0.421. The molecule has 0 atom stereocenters. The first-order valence-electron chi connectivity index (χ1n) is 9.22. The van der Waals surface area contributed by atoms with Gasteiger partial charge in [-0.1, -0.05) is 0 Å². The van der Waals surface area contributed by atoms with Crippen LogP contribution in [0, 0.1) is 0 Å². The van der Waals surface area contributed by atoms with Crippen LogP contribution in [0.5, 0.6) is 17.2 Å². The van der Waals surface area contributed by atoms with Crippen LogP contribution < -0.4 is 19.5 Å². The lowest BCUT2D eigenvalue weighted by Gasteiger charge is -2.13. The standard InChI is InChI=1S/C23H20F3NO4/c1-29-19-8-10-20(11-9-19)31-14-16-13-15(3-12-21(16)30-2)22(28)27-18-6-4-17(5-7-18)23(24,25)26/h3-13H,14H2,1-2H3,(H,27,28). The molecule has 0 unspecified atom stereocenters. The van der Waals surface area contributed by atoms with Crippen molar-refractivity contribution in [2.75, 3.05) is 19.5 Å². The Labute approximate surface area is 177 Å². The summed E-state index contributed by atoms with van der Waals surface area (Å²) in [4.78, 5) is 12.6. The number of nitrogens with one attached hydrogen (secondary N) is 1. The molecular formula is C23H20F3NO4. The van der Waals surface area contributed by atoms with Crippen LogP contribution in [0.15, 0.2) is 66.7 Å². The van der Waals surface area contributed by atoms with E-state index in [4.69, 9.17) is 14.2 Å². The van der Waals surface area contributed by atoms with Crippen molar-refractivity contribution in [2.24, 2.45) is 0 Å². The third-order valence-electron chi connectivity index (χ3n) is 4.47. The Bertz CT molecular complexity index is 1030. The molecule has 0 aliphatic carbocycles. The van der Waals surface area contributed by atoms with E-state index in [2.05, 4.69) is 5.32 Å². The predicted molar refractivity (Wildman–Crippen MR) is 110 cm³/mol. The minimum Gasteiger partial charge on any atom is -0.497 e. The fraction of sp³-hybridized carbons (Fsp3) is 0.174. The minimum absolute atomic E-state index is 0.150. The van der Waals surface area contributed by atoms with Crippen LogP contribution in [-0.4, -0.2) is 20.1 Å². The molecule has 8 heteroatoms. The molecule has 3 aromatic rings. The number of hydrogen-bond donors (Lipinski definition) is 1. The Hall–Kier alpha value is -3.68. The van der Waals surface area contributed by atoms with Crippen LogP contribution in [0.3, 0.4) is 0 Å². The van der Waals surface area contributed by atoms with Crippen molar-refractivity contribution in [3.8, 4) is 17.2 Å². The van der Waals surface area contributed by atoms with E-state index in [0.717, 1.165) is 12.1 Å². The van der Waals surface area contributed by atoms with Gasteiger partial charge in [-0.05, 0) is 66.7 Å².